The molecule has 0 bridgehead atoms. The largest absolute Gasteiger partial charge is 0.292 e. The van der Waals surface area contributed by atoms with Crippen LogP contribution in [0.2, 0.25) is 0 Å². The minimum absolute atomic E-state index is 0.119. The average Bonchev–Trinajstić information content (AvgIpc) is 2.65. The van der Waals surface area contributed by atoms with Gasteiger partial charge in [0, 0.05) is 18.9 Å². The van der Waals surface area contributed by atoms with Crippen molar-refractivity contribution in [2.75, 3.05) is 14.2 Å². The van der Waals surface area contributed by atoms with Gasteiger partial charge in [0.15, 0.2) is 5.78 Å². The number of carbonyl (C=O) groups is 2. The van der Waals surface area contributed by atoms with E-state index in [4.69, 9.17) is 4.84 Å². The van der Waals surface area contributed by atoms with Crippen LogP contribution in [0.15, 0.2) is 50.2 Å². The molecule has 6 nitrogen and oxygen atoms in total. The van der Waals surface area contributed by atoms with E-state index in [9.17, 15) is 9.59 Å². The molecule has 2 aromatic heterocycles. The van der Waals surface area contributed by atoms with Gasteiger partial charge in [-0.3, -0.25) is 14.4 Å². The lowest BCUT2D eigenvalue weighted by atomic mass is 9.81. The van der Waals surface area contributed by atoms with Crippen LogP contribution in [0.5, 0.6) is 0 Å². The fourth-order valence-corrected chi connectivity index (χ4v) is 4.08. The van der Waals surface area contributed by atoms with Crippen LogP contribution in [0.3, 0.4) is 0 Å². The Morgan fingerprint density at radius 1 is 0.871 bits per heavy atom. The monoisotopic (exact) mass is 617 g/mol. The van der Waals surface area contributed by atoms with Crippen LogP contribution in [-0.4, -0.2) is 40.9 Å². The van der Waals surface area contributed by atoms with E-state index < -0.39 is 0 Å². The first-order valence-electron chi connectivity index (χ1n) is 10.1. The van der Waals surface area contributed by atoms with Gasteiger partial charge in [-0.15, -0.1) is 0 Å². The van der Waals surface area contributed by atoms with Crippen molar-refractivity contribution < 1.29 is 14.4 Å². The lowest BCUT2D eigenvalue weighted by molar-refractivity contribution is -0.176. The van der Waals surface area contributed by atoms with Crippen molar-refractivity contribution >= 4 is 59.5 Å². The van der Waals surface area contributed by atoms with Gasteiger partial charge < -0.3 is 0 Å². The Morgan fingerprint density at radius 3 is 1.71 bits per heavy atom. The quantitative estimate of drug-likeness (QED) is 0.230. The summed E-state index contributed by atoms with van der Waals surface area (Å²) in [4.78, 5) is 35.8. The van der Waals surface area contributed by atoms with Crippen molar-refractivity contribution in [2.24, 2.45) is 11.8 Å². The number of halogens is 3. The van der Waals surface area contributed by atoms with Crippen LogP contribution in [0.4, 0.5) is 0 Å². The molecule has 0 unspecified atom stereocenters. The van der Waals surface area contributed by atoms with Crippen LogP contribution in [0.25, 0.3) is 0 Å². The third kappa shape index (κ3) is 8.71. The van der Waals surface area contributed by atoms with Crippen molar-refractivity contribution in [3.05, 3.63) is 55.9 Å². The van der Waals surface area contributed by atoms with E-state index in [2.05, 4.69) is 57.8 Å². The molecule has 0 spiro atoms. The van der Waals surface area contributed by atoms with E-state index in [-0.39, 0.29) is 23.5 Å². The molecule has 0 atom stereocenters. The second-order valence-corrected chi connectivity index (χ2v) is 9.70. The van der Waals surface area contributed by atoms with Crippen LogP contribution < -0.4 is 0 Å². The lowest BCUT2D eigenvalue weighted by Gasteiger charge is -2.27. The summed E-state index contributed by atoms with van der Waals surface area (Å²) in [5, 5.41) is 1.31. The van der Waals surface area contributed by atoms with Gasteiger partial charge in [-0.05, 0) is 97.7 Å². The second kappa shape index (κ2) is 13.4. The normalized spacial score (nSPS) is 15.3. The smallest absolute Gasteiger partial charge is 0.248 e. The molecule has 2 saturated carbocycles. The Labute approximate surface area is 208 Å². The number of aromatic nitrogens is 2. The van der Waals surface area contributed by atoms with Gasteiger partial charge in [0.1, 0.15) is 19.5 Å². The summed E-state index contributed by atoms with van der Waals surface area (Å²) in [5.41, 5.74) is 0.596. The highest BCUT2D eigenvalue weighted by molar-refractivity contribution is 9.11. The zero-order valence-electron chi connectivity index (χ0n) is 17.6. The maximum atomic E-state index is 11.7. The Kier molecular flexibility index (Phi) is 11.3. The molecule has 4 rings (SSSR count). The number of hydrogen-bond donors (Lipinski definition) is 0. The first-order chi connectivity index (χ1) is 14.8. The van der Waals surface area contributed by atoms with Gasteiger partial charge in [0.05, 0.1) is 7.11 Å². The highest BCUT2D eigenvalue weighted by Crippen LogP contribution is 2.29. The molecule has 0 N–H and O–H groups in total. The summed E-state index contributed by atoms with van der Waals surface area (Å²) < 4.78 is 2.44. The highest BCUT2D eigenvalue weighted by Gasteiger charge is 2.28. The molecule has 2 aliphatic rings. The number of hydrogen-bond acceptors (Lipinski definition) is 5. The molecule has 2 heterocycles. The molecule has 2 aromatic rings. The molecule has 0 radical (unpaired) electrons. The Bertz CT molecular complexity index is 850. The molecule has 168 valence electrons. The van der Waals surface area contributed by atoms with Gasteiger partial charge in [0.25, 0.3) is 0 Å². The summed E-state index contributed by atoms with van der Waals surface area (Å²) in [5.74, 6) is 0.799. The van der Waals surface area contributed by atoms with Crippen LogP contribution in [0, 0.1) is 11.8 Å². The third-order valence-electron chi connectivity index (χ3n) is 5.16. The maximum absolute atomic E-state index is 11.7. The van der Waals surface area contributed by atoms with E-state index >= 15 is 0 Å². The van der Waals surface area contributed by atoms with Gasteiger partial charge in [0.2, 0.25) is 5.91 Å². The number of carbonyl (C=O) groups excluding carboxylic acids is 2. The number of amides is 1. The van der Waals surface area contributed by atoms with Crippen LogP contribution in [0.1, 0.15) is 49.0 Å². The van der Waals surface area contributed by atoms with Crippen LogP contribution in [-0.2, 0) is 9.63 Å². The van der Waals surface area contributed by atoms with Crippen LogP contribution >= 0.6 is 47.8 Å². The number of Topliss-reactive ketones (excluding diaryl/α,β-unsaturated/α-hetero) is 1. The molecule has 0 saturated heterocycles. The van der Waals surface area contributed by atoms with Crippen molar-refractivity contribution in [1.29, 1.82) is 0 Å². The number of ketones is 1. The van der Waals surface area contributed by atoms with E-state index in [1.165, 1.54) is 25.0 Å². The van der Waals surface area contributed by atoms with Crippen molar-refractivity contribution in [2.45, 2.75) is 38.5 Å². The SMILES string of the molecule is Brc1cccc(Br)n1.CON(C)C(=O)C1CCC1.O=C(c1cccc(Br)n1)C1CCC1. The van der Waals surface area contributed by atoms with E-state index in [0.29, 0.717) is 5.69 Å². The summed E-state index contributed by atoms with van der Waals surface area (Å²) in [6, 6.07) is 11.1. The number of pyridine rings is 2. The number of hydroxylamine groups is 2. The summed E-state index contributed by atoms with van der Waals surface area (Å²) in [6.07, 6.45) is 6.51. The predicted octanol–water partition coefficient (Wildman–Crippen LogP) is 6.24. The molecule has 2 fully saturated rings. The Balaban J connectivity index is 0.000000171. The Hall–Kier alpha value is -1.16. The topological polar surface area (TPSA) is 72.4 Å². The molecule has 9 heteroatoms. The minimum Gasteiger partial charge on any atom is -0.292 e. The summed E-state index contributed by atoms with van der Waals surface area (Å²) >= 11 is 9.70. The molecular weight excluding hydrogens is 594 g/mol. The highest BCUT2D eigenvalue weighted by atomic mass is 79.9. The molecule has 0 aromatic carbocycles. The third-order valence-corrected chi connectivity index (χ3v) is 6.49. The van der Waals surface area contributed by atoms with Gasteiger partial charge in [-0.1, -0.05) is 25.0 Å². The van der Waals surface area contributed by atoms with Gasteiger partial charge >= 0.3 is 0 Å². The van der Waals surface area contributed by atoms with Gasteiger partial charge in [-0.25, -0.2) is 15.0 Å². The first kappa shape index (κ1) is 26.1. The molecular formula is C22H26Br3N3O3. The molecule has 31 heavy (non-hydrogen) atoms. The number of rotatable bonds is 4. The van der Waals surface area contributed by atoms with E-state index in [1.54, 1.807) is 13.1 Å². The fraction of sp³-hybridized carbons (Fsp3) is 0.455. The molecule has 0 aliphatic heterocycles. The van der Waals surface area contributed by atoms with E-state index in [0.717, 1.165) is 39.5 Å². The second-order valence-electron chi connectivity index (χ2n) is 7.27. The maximum Gasteiger partial charge on any atom is 0.248 e. The molecule has 2 aliphatic carbocycles. The predicted molar refractivity (Wildman–Crippen MR) is 130 cm³/mol. The standard InChI is InChI=1S/C10H10BrNO.C7H13NO2.C5H3Br2N/c11-9-6-2-5-8(12-9)10(13)7-3-1-4-7;1-8(10-2)7(9)6-4-3-5-6;6-4-2-1-3-5(7)8-4/h2,5-7H,1,3-4H2;6H,3-5H2,1-2H3;1-3H. The van der Waals surface area contributed by atoms with Gasteiger partial charge in [-0.2, -0.15) is 0 Å². The lowest BCUT2D eigenvalue weighted by Crippen LogP contribution is -2.35. The Morgan fingerprint density at radius 2 is 1.35 bits per heavy atom. The minimum atomic E-state index is 0.119. The summed E-state index contributed by atoms with van der Waals surface area (Å²) in [6.45, 7) is 0. The van der Waals surface area contributed by atoms with Crippen molar-refractivity contribution in [1.82, 2.24) is 15.0 Å². The fourth-order valence-electron chi connectivity index (χ4n) is 2.81. The zero-order valence-corrected chi connectivity index (χ0v) is 22.3. The average molecular weight is 620 g/mol. The van der Waals surface area contributed by atoms with E-state index in [1.807, 2.05) is 30.3 Å². The summed E-state index contributed by atoms with van der Waals surface area (Å²) in [7, 11) is 3.16. The van der Waals surface area contributed by atoms with Crippen molar-refractivity contribution in [3.63, 3.8) is 0 Å². The van der Waals surface area contributed by atoms with Crippen molar-refractivity contribution in [3.8, 4) is 0 Å². The molecule has 1 amide bonds. The first-order valence-corrected chi connectivity index (χ1v) is 12.5. The number of nitrogens with zero attached hydrogens (tertiary/aromatic N) is 3. The zero-order chi connectivity index (χ0) is 22.8.